The van der Waals surface area contributed by atoms with E-state index >= 15 is 0 Å². The van der Waals surface area contributed by atoms with Crippen LogP contribution in [0.15, 0.2) is 107 Å². The molecule has 0 spiro atoms. The number of hydrogen-bond donors (Lipinski definition) is 0. The zero-order chi connectivity index (χ0) is 23.2. The van der Waals surface area contributed by atoms with Crippen molar-refractivity contribution in [1.82, 2.24) is 0 Å². The van der Waals surface area contributed by atoms with Crippen molar-refractivity contribution < 1.29 is 0 Å². The van der Waals surface area contributed by atoms with Gasteiger partial charge in [-0.2, -0.15) is 0 Å². The van der Waals surface area contributed by atoms with Gasteiger partial charge in [-0.1, -0.05) is 174 Å². The van der Waals surface area contributed by atoms with Crippen LogP contribution in [0, 0.1) is 0 Å². The Balaban J connectivity index is 2.08. The van der Waals surface area contributed by atoms with Crippen molar-refractivity contribution in [1.29, 1.82) is 0 Å². The first-order chi connectivity index (χ1) is 15.1. The Labute approximate surface area is 202 Å². The molecule has 0 saturated carbocycles. The molecule has 0 amide bonds. The van der Waals surface area contributed by atoms with Crippen LogP contribution in [0.3, 0.4) is 0 Å². The normalized spacial score (nSPS) is 25.3. The predicted octanol–water partition coefficient (Wildman–Crippen LogP) is 7.58. The van der Waals surface area contributed by atoms with Crippen molar-refractivity contribution in [3.63, 3.8) is 0 Å². The number of benzene rings is 2. The van der Waals surface area contributed by atoms with Gasteiger partial charge in [-0.3, -0.25) is 0 Å². The Hall–Kier alpha value is -1.31. The summed E-state index contributed by atoms with van der Waals surface area (Å²) in [6.07, 6.45) is 0. The molecule has 166 valence electrons. The Bertz CT molecular complexity index is 854. The minimum Gasteiger partial charge on any atom is -0.0869 e. The molecule has 0 bridgehead atoms. The van der Waals surface area contributed by atoms with Gasteiger partial charge in [0.2, 0.25) is 0 Å². The molecule has 1 aliphatic rings. The van der Waals surface area contributed by atoms with Crippen LogP contribution < -0.4 is 10.4 Å². The van der Waals surface area contributed by atoms with E-state index in [2.05, 4.69) is 148 Å². The summed E-state index contributed by atoms with van der Waals surface area (Å²) in [4.78, 5) is 0. The quantitative estimate of drug-likeness (QED) is 0.301. The number of rotatable bonds is 2. The van der Waals surface area contributed by atoms with E-state index in [0.717, 1.165) is 0 Å². The Morgan fingerprint density at radius 3 is 1.00 bits per heavy atom. The summed E-state index contributed by atoms with van der Waals surface area (Å²) < 4.78 is 0. The van der Waals surface area contributed by atoms with Crippen molar-refractivity contribution in [3.8, 4) is 0 Å². The fourth-order valence-electron chi connectivity index (χ4n) is 3.39. The summed E-state index contributed by atoms with van der Waals surface area (Å²) in [5.74, 6) is 10.2. The SMILES string of the molecule is CC(C)(C)P1/C=C\[Si](c2ccccc2)/C=C\P(C(C)(C)C)/C=C\[Si](c2ccccc2)/C=C\1. The second-order valence-electron chi connectivity index (χ2n) is 10.1. The standard InChI is InChI=1S/C28H36P2Si2/c1-27(2,3)29-17-21-31(25-13-9-7-10-14-25)23-19-30(28(4,5)6)20-24-32(22-18-29)26-15-11-8-12-16-26/h7-24H,1-6H3/b21-17-,22-18-,23-19-,24-20-. The lowest BCUT2D eigenvalue weighted by Gasteiger charge is -2.28. The Kier molecular flexibility index (Phi) is 8.87. The largest absolute Gasteiger partial charge is 0.139 e. The zero-order valence-corrected chi connectivity index (χ0v) is 24.1. The molecule has 3 rings (SSSR count). The topological polar surface area (TPSA) is 0 Å². The molecule has 32 heavy (non-hydrogen) atoms. The second-order valence-corrected chi connectivity index (χ2v) is 19.9. The fraction of sp³-hybridized carbons (Fsp3) is 0.286. The lowest BCUT2D eigenvalue weighted by atomic mass is 10.3. The third kappa shape index (κ3) is 7.36. The summed E-state index contributed by atoms with van der Waals surface area (Å²) in [7, 11) is -2.47. The molecule has 0 saturated heterocycles. The Morgan fingerprint density at radius 1 is 0.469 bits per heavy atom. The molecule has 0 aliphatic carbocycles. The minimum absolute atomic E-state index is 0.255. The van der Waals surface area contributed by atoms with Gasteiger partial charge in [0.05, 0.1) is 0 Å². The molecule has 0 atom stereocenters. The first kappa shape index (κ1) is 25.3. The lowest BCUT2D eigenvalue weighted by Crippen LogP contribution is -2.27. The van der Waals surface area contributed by atoms with Gasteiger partial charge >= 0.3 is 0 Å². The van der Waals surface area contributed by atoms with E-state index in [-0.39, 0.29) is 26.2 Å². The van der Waals surface area contributed by atoms with Crippen LogP contribution in [0.25, 0.3) is 0 Å². The molecular formula is C28H36P2Si2. The molecule has 0 nitrogen and oxygen atoms in total. The highest BCUT2D eigenvalue weighted by molar-refractivity contribution is 7.66. The van der Waals surface area contributed by atoms with Gasteiger partial charge in [0.15, 0.2) is 0 Å². The van der Waals surface area contributed by atoms with E-state index in [4.69, 9.17) is 0 Å². The molecule has 0 unspecified atom stereocenters. The third-order valence-electron chi connectivity index (χ3n) is 5.42. The minimum atomic E-state index is -0.888. The highest BCUT2D eigenvalue weighted by Crippen LogP contribution is 2.53. The van der Waals surface area contributed by atoms with Crippen LogP contribution >= 0.6 is 15.8 Å². The first-order valence-corrected chi connectivity index (χ1v) is 17.6. The van der Waals surface area contributed by atoms with Gasteiger partial charge in [-0.05, 0) is 10.3 Å². The summed E-state index contributed by atoms with van der Waals surface area (Å²) in [5, 5.41) is 3.45. The van der Waals surface area contributed by atoms with Crippen molar-refractivity contribution in [3.05, 3.63) is 107 Å². The second kappa shape index (κ2) is 11.2. The van der Waals surface area contributed by atoms with E-state index < -0.39 is 17.6 Å². The third-order valence-corrected chi connectivity index (χ3v) is 15.6. The van der Waals surface area contributed by atoms with Crippen LogP contribution in [0.2, 0.25) is 0 Å². The maximum absolute atomic E-state index is 2.55. The van der Waals surface area contributed by atoms with Crippen LogP contribution in [0.1, 0.15) is 41.5 Å². The molecule has 2 aromatic carbocycles. The maximum Gasteiger partial charge on any atom is 0.139 e. The van der Waals surface area contributed by atoms with Crippen LogP contribution in [-0.4, -0.2) is 27.9 Å². The monoisotopic (exact) mass is 490 g/mol. The molecule has 0 fully saturated rings. The van der Waals surface area contributed by atoms with Crippen molar-refractivity contribution in [2.24, 2.45) is 0 Å². The van der Waals surface area contributed by atoms with E-state index in [1.165, 1.54) is 10.4 Å². The average molecular weight is 491 g/mol. The summed E-state index contributed by atoms with van der Waals surface area (Å²) >= 11 is 0. The van der Waals surface area contributed by atoms with Crippen LogP contribution in [0.4, 0.5) is 0 Å². The van der Waals surface area contributed by atoms with Gasteiger partial charge in [-0.25, -0.2) is 0 Å². The lowest BCUT2D eigenvalue weighted by molar-refractivity contribution is 0.792. The highest BCUT2D eigenvalue weighted by Gasteiger charge is 2.23. The molecule has 1 heterocycles. The molecule has 2 radical (unpaired) electrons. The van der Waals surface area contributed by atoms with Crippen molar-refractivity contribution in [2.75, 3.05) is 0 Å². The first-order valence-electron chi connectivity index (χ1n) is 11.3. The summed E-state index contributed by atoms with van der Waals surface area (Å²) in [6, 6.07) is 22.2. The predicted molar refractivity (Wildman–Crippen MR) is 154 cm³/mol. The summed E-state index contributed by atoms with van der Waals surface area (Å²) in [5.41, 5.74) is 10.2. The molecular weight excluding hydrogens is 454 g/mol. The highest BCUT2D eigenvalue weighted by atomic mass is 31.1. The molecule has 0 aromatic heterocycles. The van der Waals surface area contributed by atoms with Crippen LogP contribution in [-0.2, 0) is 0 Å². The Morgan fingerprint density at radius 2 is 0.750 bits per heavy atom. The smallest absolute Gasteiger partial charge is 0.0869 e. The van der Waals surface area contributed by atoms with Crippen molar-refractivity contribution >= 4 is 43.8 Å². The van der Waals surface area contributed by atoms with Gasteiger partial charge in [0.25, 0.3) is 0 Å². The molecule has 4 heteroatoms. The number of hydrogen-bond acceptors (Lipinski definition) is 0. The van der Waals surface area contributed by atoms with Gasteiger partial charge in [-0.15, -0.1) is 0 Å². The van der Waals surface area contributed by atoms with E-state index in [1.807, 2.05) is 0 Å². The van der Waals surface area contributed by atoms with Gasteiger partial charge < -0.3 is 0 Å². The molecule has 0 N–H and O–H groups in total. The molecule has 1 aliphatic heterocycles. The van der Waals surface area contributed by atoms with E-state index in [0.29, 0.717) is 0 Å². The maximum atomic E-state index is 2.55. The van der Waals surface area contributed by atoms with Gasteiger partial charge in [0, 0.05) is 0 Å². The van der Waals surface area contributed by atoms with Crippen molar-refractivity contribution in [2.45, 2.75) is 51.9 Å². The fourth-order valence-corrected chi connectivity index (χ4v) is 12.7. The van der Waals surface area contributed by atoms with Crippen LogP contribution in [0.5, 0.6) is 0 Å². The van der Waals surface area contributed by atoms with Gasteiger partial charge in [0.1, 0.15) is 17.6 Å². The molecule has 2 aromatic rings. The van der Waals surface area contributed by atoms with E-state index in [1.54, 1.807) is 0 Å². The van der Waals surface area contributed by atoms with E-state index in [9.17, 15) is 0 Å². The summed E-state index contributed by atoms with van der Waals surface area (Å²) in [6.45, 7) is 14.3. The zero-order valence-electron chi connectivity index (χ0n) is 20.3. The average Bonchev–Trinajstić information content (AvgIpc) is 2.73.